The first-order chi connectivity index (χ1) is 7.81. The molecule has 0 heterocycles. The van der Waals surface area contributed by atoms with Crippen LogP contribution in [-0.2, 0) is 9.47 Å². The first-order valence-corrected chi connectivity index (χ1v) is 6.60. The Morgan fingerprint density at radius 2 is 1.75 bits per heavy atom. The molecule has 0 amide bonds. The fourth-order valence-electron chi connectivity index (χ4n) is 2.69. The van der Waals surface area contributed by atoms with Crippen LogP contribution in [0.1, 0.15) is 45.4 Å². The first-order valence-electron chi connectivity index (χ1n) is 6.60. The summed E-state index contributed by atoms with van der Waals surface area (Å²) in [5.74, 6) is 0.855. The van der Waals surface area contributed by atoms with E-state index >= 15 is 0 Å². The minimum absolute atomic E-state index is 0.113. The van der Waals surface area contributed by atoms with E-state index in [4.69, 9.17) is 9.47 Å². The maximum atomic E-state index is 5.20. The van der Waals surface area contributed by atoms with Crippen molar-refractivity contribution in [3.63, 3.8) is 0 Å². The van der Waals surface area contributed by atoms with Crippen LogP contribution in [0.2, 0.25) is 0 Å². The molecule has 3 nitrogen and oxygen atoms in total. The lowest BCUT2D eigenvalue weighted by Gasteiger charge is -2.31. The normalized spacial score (nSPS) is 20.2. The zero-order chi connectivity index (χ0) is 11.8. The molecule has 0 aromatic heterocycles. The molecule has 1 aliphatic carbocycles. The first kappa shape index (κ1) is 13.9. The van der Waals surface area contributed by atoms with Crippen LogP contribution in [-0.4, -0.2) is 33.1 Å². The molecule has 96 valence electrons. The van der Waals surface area contributed by atoms with Gasteiger partial charge in [0.25, 0.3) is 0 Å². The molecule has 1 saturated carbocycles. The molecule has 1 rings (SSSR count). The van der Waals surface area contributed by atoms with Crippen LogP contribution in [0.5, 0.6) is 0 Å². The Bertz CT molecular complexity index is 165. The quantitative estimate of drug-likeness (QED) is 0.681. The zero-order valence-corrected chi connectivity index (χ0v) is 11.0. The van der Waals surface area contributed by atoms with Gasteiger partial charge in [0.1, 0.15) is 0 Å². The van der Waals surface area contributed by atoms with Gasteiger partial charge in [-0.2, -0.15) is 0 Å². The summed E-state index contributed by atoms with van der Waals surface area (Å²) in [5, 5.41) is 3.59. The molecule has 0 radical (unpaired) electrons. The molecule has 3 heteroatoms. The van der Waals surface area contributed by atoms with E-state index in [0.29, 0.717) is 6.04 Å². The predicted octanol–water partition coefficient (Wildman–Crippen LogP) is 2.55. The van der Waals surface area contributed by atoms with E-state index in [1.54, 1.807) is 14.2 Å². The molecule has 1 atom stereocenters. The highest BCUT2D eigenvalue weighted by molar-refractivity contribution is 4.78. The summed E-state index contributed by atoms with van der Waals surface area (Å²) < 4.78 is 10.4. The van der Waals surface area contributed by atoms with Crippen LogP contribution >= 0.6 is 0 Å². The third kappa shape index (κ3) is 4.40. The van der Waals surface area contributed by atoms with Gasteiger partial charge in [0.2, 0.25) is 0 Å². The molecule has 1 unspecified atom stereocenters. The molecule has 0 saturated heterocycles. The summed E-state index contributed by atoms with van der Waals surface area (Å²) in [6, 6.07) is 0.632. The Morgan fingerprint density at radius 1 is 1.12 bits per heavy atom. The molecular weight excluding hydrogens is 202 g/mol. The minimum atomic E-state index is -0.113. The van der Waals surface area contributed by atoms with Crippen molar-refractivity contribution in [2.45, 2.75) is 57.8 Å². The van der Waals surface area contributed by atoms with Crippen molar-refractivity contribution in [1.82, 2.24) is 5.32 Å². The second-order valence-electron chi connectivity index (χ2n) is 4.72. The molecule has 0 aromatic carbocycles. The van der Waals surface area contributed by atoms with Gasteiger partial charge < -0.3 is 14.8 Å². The van der Waals surface area contributed by atoms with Crippen molar-refractivity contribution in [2.75, 3.05) is 20.8 Å². The van der Waals surface area contributed by atoms with E-state index in [0.717, 1.165) is 12.5 Å². The standard InChI is InChI=1S/C13H27NO2/c1-4-12(11-8-6-5-7-9-11)14-10-13(15-2)16-3/h11-14H,4-10H2,1-3H3. The van der Waals surface area contributed by atoms with Crippen molar-refractivity contribution in [3.8, 4) is 0 Å². The average molecular weight is 229 g/mol. The zero-order valence-electron chi connectivity index (χ0n) is 11.0. The number of rotatable bonds is 7. The van der Waals surface area contributed by atoms with Crippen molar-refractivity contribution in [3.05, 3.63) is 0 Å². The topological polar surface area (TPSA) is 30.5 Å². The largest absolute Gasteiger partial charge is 0.355 e. The summed E-state index contributed by atoms with van der Waals surface area (Å²) in [7, 11) is 3.38. The van der Waals surface area contributed by atoms with Crippen LogP contribution < -0.4 is 5.32 Å². The van der Waals surface area contributed by atoms with E-state index in [2.05, 4.69) is 12.2 Å². The molecule has 0 spiro atoms. The van der Waals surface area contributed by atoms with Crippen LogP contribution in [0.15, 0.2) is 0 Å². The summed E-state index contributed by atoms with van der Waals surface area (Å²) in [4.78, 5) is 0. The van der Waals surface area contributed by atoms with Gasteiger partial charge in [-0.25, -0.2) is 0 Å². The van der Waals surface area contributed by atoms with Crippen LogP contribution in [0.25, 0.3) is 0 Å². The third-order valence-electron chi connectivity index (χ3n) is 3.73. The molecule has 16 heavy (non-hydrogen) atoms. The number of hydrogen-bond acceptors (Lipinski definition) is 3. The fourth-order valence-corrected chi connectivity index (χ4v) is 2.69. The van der Waals surface area contributed by atoms with E-state index in [1.807, 2.05) is 0 Å². The second kappa shape index (κ2) is 8.04. The summed E-state index contributed by atoms with van der Waals surface area (Å²) in [5.41, 5.74) is 0. The van der Waals surface area contributed by atoms with Gasteiger partial charge >= 0.3 is 0 Å². The Hall–Kier alpha value is -0.120. The van der Waals surface area contributed by atoms with Crippen molar-refractivity contribution >= 4 is 0 Å². The lowest BCUT2D eigenvalue weighted by atomic mass is 9.83. The van der Waals surface area contributed by atoms with E-state index in [-0.39, 0.29) is 6.29 Å². The summed E-state index contributed by atoms with van der Waals surface area (Å²) in [6.45, 7) is 3.06. The number of methoxy groups -OCH3 is 2. The lowest BCUT2D eigenvalue weighted by molar-refractivity contribution is -0.101. The summed E-state index contributed by atoms with van der Waals surface area (Å²) >= 11 is 0. The monoisotopic (exact) mass is 229 g/mol. The minimum Gasteiger partial charge on any atom is -0.355 e. The van der Waals surface area contributed by atoms with Crippen LogP contribution in [0.3, 0.4) is 0 Å². The molecular formula is C13H27NO2. The Labute approximate surface area is 99.9 Å². The Balaban J connectivity index is 2.29. The highest BCUT2D eigenvalue weighted by atomic mass is 16.7. The maximum absolute atomic E-state index is 5.20. The summed E-state index contributed by atoms with van der Waals surface area (Å²) in [6.07, 6.45) is 8.09. The van der Waals surface area contributed by atoms with E-state index in [9.17, 15) is 0 Å². The van der Waals surface area contributed by atoms with Gasteiger partial charge in [-0.3, -0.25) is 0 Å². The maximum Gasteiger partial charge on any atom is 0.169 e. The van der Waals surface area contributed by atoms with Crippen molar-refractivity contribution in [1.29, 1.82) is 0 Å². The molecule has 1 aliphatic rings. The van der Waals surface area contributed by atoms with Crippen molar-refractivity contribution in [2.24, 2.45) is 5.92 Å². The van der Waals surface area contributed by atoms with E-state index < -0.39 is 0 Å². The predicted molar refractivity (Wildman–Crippen MR) is 66.5 cm³/mol. The fraction of sp³-hybridized carbons (Fsp3) is 1.00. The molecule has 0 bridgehead atoms. The molecule has 1 fully saturated rings. The van der Waals surface area contributed by atoms with Crippen molar-refractivity contribution < 1.29 is 9.47 Å². The SMILES string of the molecule is CCC(NCC(OC)OC)C1CCCCC1. The molecule has 0 aromatic rings. The molecule has 0 aliphatic heterocycles. The average Bonchev–Trinajstić information content (AvgIpc) is 2.36. The highest BCUT2D eigenvalue weighted by Crippen LogP contribution is 2.27. The van der Waals surface area contributed by atoms with Gasteiger partial charge in [0.15, 0.2) is 6.29 Å². The van der Waals surface area contributed by atoms with Gasteiger partial charge in [-0.1, -0.05) is 26.2 Å². The smallest absolute Gasteiger partial charge is 0.169 e. The highest BCUT2D eigenvalue weighted by Gasteiger charge is 2.22. The molecule has 1 N–H and O–H groups in total. The number of nitrogens with one attached hydrogen (secondary N) is 1. The lowest BCUT2D eigenvalue weighted by Crippen LogP contribution is -2.41. The van der Waals surface area contributed by atoms with E-state index in [1.165, 1.54) is 38.5 Å². The Kier molecular flexibility index (Phi) is 7.01. The second-order valence-corrected chi connectivity index (χ2v) is 4.72. The number of ether oxygens (including phenoxy) is 2. The third-order valence-corrected chi connectivity index (χ3v) is 3.73. The van der Waals surface area contributed by atoms with Gasteiger partial charge in [-0.15, -0.1) is 0 Å². The van der Waals surface area contributed by atoms with Gasteiger partial charge in [-0.05, 0) is 25.2 Å². The Morgan fingerprint density at radius 3 is 2.25 bits per heavy atom. The van der Waals surface area contributed by atoms with Gasteiger partial charge in [0.05, 0.1) is 0 Å². The number of hydrogen-bond donors (Lipinski definition) is 1. The van der Waals surface area contributed by atoms with Crippen LogP contribution in [0, 0.1) is 5.92 Å². The van der Waals surface area contributed by atoms with Gasteiger partial charge in [0, 0.05) is 26.8 Å². The van der Waals surface area contributed by atoms with Crippen LogP contribution in [0.4, 0.5) is 0 Å².